The minimum absolute atomic E-state index is 0.124. The average molecular weight is 222 g/mol. The van der Waals surface area contributed by atoms with Gasteiger partial charge in [-0.15, -0.1) is 0 Å². The average Bonchev–Trinajstić information content (AvgIpc) is 2.28. The van der Waals surface area contributed by atoms with Gasteiger partial charge in [0.2, 0.25) is 0 Å². The summed E-state index contributed by atoms with van der Waals surface area (Å²) in [5, 5.41) is 18.4. The van der Waals surface area contributed by atoms with Crippen LogP contribution in [0.1, 0.15) is 38.2 Å². The van der Waals surface area contributed by atoms with Crippen molar-refractivity contribution < 1.29 is 15.0 Å². The molecule has 1 aromatic carbocycles. The highest BCUT2D eigenvalue weighted by Crippen LogP contribution is 2.25. The summed E-state index contributed by atoms with van der Waals surface area (Å²) < 4.78 is 0. The fourth-order valence-electron chi connectivity index (χ4n) is 1.51. The number of benzene rings is 1. The number of Topliss-reactive ketones (excluding diaryl/α,β-unsaturated/α-hetero) is 1. The molecule has 0 spiro atoms. The number of aromatic hydroxyl groups is 2. The van der Waals surface area contributed by atoms with Crippen molar-refractivity contribution in [2.45, 2.75) is 39.0 Å². The summed E-state index contributed by atoms with van der Waals surface area (Å²) in [5.41, 5.74) is 0.875. The van der Waals surface area contributed by atoms with Gasteiger partial charge in [-0.2, -0.15) is 0 Å². The van der Waals surface area contributed by atoms with Gasteiger partial charge in [-0.05, 0) is 30.5 Å². The molecule has 3 heteroatoms. The van der Waals surface area contributed by atoms with Gasteiger partial charge in [0.25, 0.3) is 0 Å². The Bertz CT molecular complexity index is 358. The van der Waals surface area contributed by atoms with Crippen molar-refractivity contribution in [2.75, 3.05) is 0 Å². The van der Waals surface area contributed by atoms with Gasteiger partial charge in [0.15, 0.2) is 11.5 Å². The summed E-state index contributed by atoms with van der Waals surface area (Å²) in [6, 6.07) is 4.67. The molecule has 0 atom stereocenters. The smallest absolute Gasteiger partial charge is 0.157 e. The van der Waals surface area contributed by atoms with Crippen molar-refractivity contribution in [3.05, 3.63) is 23.8 Å². The lowest BCUT2D eigenvalue weighted by Crippen LogP contribution is -1.99. The predicted molar refractivity (Wildman–Crippen MR) is 62.6 cm³/mol. The predicted octanol–water partition coefficient (Wildman–Crippen LogP) is 2.79. The van der Waals surface area contributed by atoms with Gasteiger partial charge in [-0.1, -0.05) is 19.4 Å². The third kappa shape index (κ3) is 3.93. The molecule has 0 aliphatic rings. The van der Waals surface area contributed by atoms with E-state index >= 15 is 0 Å². The van der Waals surface area contributed by atoms with Gasteiger partial charge in [0.05, 0.1) is 0 Å². The largest absolute Gasteiger partial charge is 0.504 e. The van der Waals surface area contributed by atoms with Crippen LogP contribution >= 0.6 is 0 Å². The van der Waals surface area contributed by atoms with Gasteiger partial charge >= 0.3 is 0 Å². The van der Waals surface area contributed by atoms with Crippen LogP contribution < -0.4 is 0 Å². The quantitative estimate of drug-likeness (QED) is 0.728. The maximum atomic E-state index is 11.4. The zero-order valence-corrected chi connectivity index (χ0v) is 9.57. The SMILES string of the molecule is CCCCC(=O)CCc1ccc(O)c(O)c1. The number of hydrogen-bond acceptors (Lipinski definition) is 3. The molecule has 16 heavy (non-hydrogen) atoms. The first-order valence-corrected chi connectivity index (χ1v) is 5.66. The molecule has 0 saturated heterocycles. The molecule has 0 fully saturated rings. The molecule has 3 nitrogen and oxygen atoms in total. The number of carbonyl (C=O) groups is 1. The normalized spacial score (nSPS) is 10.3. The second-order valence-corrected chi connectivity index (χ2v) is 3.97. The van der Waals surface area contributed by atoms with E-state index in [1.54, 1.807) is 6.07 Å². The fraction of sp³-hybridized carbons (Fsp3) is 0.462. The second-order valence-electron chi connectivity index (χ2n) is 3.97. The third-order valence-corrected chi connectivity index (χ3v) is 2.54. The van der Waals surface area contributed by atoms with Crippen LogP contribution in [0.4, 0.5) is 0 Å². The molecule has 1 aromatic rings. The highest BCUT2D eigenvalue weighted by atomic mass is 16.3. The van der Waals surface area contributed by atoms with Crippen molar-refractivity contribution >= 4 is 5.78 Å². The second kappa shape index (κ2) is 6.16. The number of carbonyl (C=O) groups excluding carboxylic acids is 1. The molecular weight excluding hydrogens is 204 g/mol. The highest BCUT2D eigenvalue weighted by Gasteiger charge is 2.04. The van der Waals surface area contributed by atoms with E-state index in [9.17, 15) is 9.90 Å². The van der Waals surface area contributed by atoms with Crippen molar-refractivity contribution in [1.29, 1.82) is 0 Å². The van der Waals surface area contributed by atoms with Crippen molar-refractivity contribution in [3.63, 3.8) is 0 Å². The standard InChI is InChI=1S/C13H18O3/c1-2-3-4-11(14)7-5-10-6-8-12(15)13(16)9-10/h6,8-9,15-16H,2-5,7H2,1H3. The number of ketones is 1. The van der Waals surface area contributed by atoms with E-state index in [2.05, 4.69) is 6.92 Å². The van der Waals surface area contributed by atoms with Crippen molar-refractivity contribution in [2.24, 2.45) is 0 Å². The third-order valence-electron chi connectivity index (χ3n) is 2.54. The summed E-state index contributed by atoms with van der Waals surface area (Å²) in [6.45, 7) is 2.06. The number of phenolic OH excluding ortho intramolecular Hbond substituents is 2. The van der Waals surface area contributed by atoms with Gasteiger partial charge in [-0.25, -0.2) is 0 Å². The number of hydrogen-bond donors (Lipinski definition) is 2. The Morgan fingerprint density at radius 1 is 1.19 bits per heavy atom. The molecule has 0 heterocycles. The van der Waals surface area contributed by atoms with Crippen LogP contribution in [0.5, 0.6) is 11.5 Å². The minimum atomic E-state index is -0.126. The number of unbranched alkanes of at least 4 members (excludes halogenated alkanes) is 1. The van der Waals surface area contributed by atoms with Gasteiger partial charge < -0.3 is 10.2 Å². The molecule has 0 unspecified atom stereocenters. The van der Waals surface area contributed by atoms with Crippen LogP contribution in [0.3, 0.4) is 0 Å². The molecule has 0 bridgehead atoms. The number of rotatable bonds is 6. The van der Waals surface area contributed by atoms with E-state index in [-0.39, 0.29) is 17.3 Å². The van der Waals surface area contributed by atoms with E-state index in [4.69, 9.17) is 5.11 Å². The summed E-state index contributed by atoms with van der Waals surface area (Å²) in [4.78, 5) is 11.4. The molecule has 0 amide bonds. The Labute approximate surface area is 95.7 Å². The molecule has 2 N–H and O–H groups in total. The molecule has 0 aromatic heterocycles. The Kier molecular flexibility index (Phi) is 4.83. The Balaban J connectivity index is 2.42. The minimum Gasteiger partial charge on any atom is -0.504 e. The van der Waals surface area contributed by atoms with Crippen LogP contribution in [0.25, 0.3) is 0 Å². The van der Waals surface area contributed by atoms with Crippen LogP contribution in [0.15, 0.2) is 18.2 Å². The van der Waals surface area contributed by atoms with Crippen molar-refractivity contribution in [3.8, 4) is 11.5 Å². The molecule has 0 aliphatic heterocycles. The Hall–Kier alpha value is -1.51. The lowest BCUT2D eigenvalue weighted by atomic mass is 10.0. The maximum Gasteiger partial charge on any atom is 0.157 e. The Morgan fingerprint density at radius 3 is 2.56 bits per heavy atom. The lowest BCUT2D eigenvalue weighted by Gasteiger charge is -2.03. The molecule has 88 valence electrons. The summed E-state index contributed by atoms with van der Waals surface area (Å²) in [6.07, 6.45) is 3.74. The molecule has 0 aliphatic carbocycles. The molecule has 0 saturated carbocycles. The first-order valence-electron chi connectivity index (χ1n) is 5.66. The zero-order chi connectivity index (χ0) is 12.0. The number of aryl methyl sites for hydroxylation is 1. The molecule has 1 rings (SSSR count). The van der Waals surface area contributed by atoms with E-state index < -0.39 is 0 Å². The zero-order valence-electron chi connectivity index (χ0n) is 9.57. The van der Waals surface area contributed by atoms with E-state index in [1.165, 1.54) is 12.1 Å². The summed E-state index contributed by atoms with van der Waals surface area (Å²) in [5.74, 6) is 0.00832. The van der Waals surface area contributed by atoms with Crippen LogP contribution in [-0.2, 0) is 11.2 Å². The van der Waals surface area contributed by atoms with Crippen LogP contribution in [-0.4, -0.2) is 16.0 Å². The maximum absolute atomic E-state index is 11.4. The van der Waals surface area contributed by atoms with E-state index in [0.29, 0.717) is 19.3 Å². The van der Waals surface area contributed by atoms with Crippen LogP contribution in [0, 0.1) is 0 Å². The fourth-order valence-corrected chi connectivity index (χ4v) is 1.51. The van der Waals surface area contributed by atoms with Crippen LogP contribution in [0.2, 0.25) is 0 Å². The molecule has 0 radical (unpaired) electrons. The summed E-state index contributed by atoms with van der Waals surface area (Å²) in [7, 11) is 0. The first kappa shape index (κ1) is 12.6. The topological polar surface area (TPSA) is 57.5 Å². The van der Waals surface area contributed by atoms with Gasteiger partial charge in [0.1, 0.15) is 5.78 Å². The Morgan fingerprint density at radius 2 is 1.94 bits per heavy atom. The van der Waals surface area contributed by atoms with Crippen molar-refractivity contribution in [1.82, 2.24) is 0 Å². The summed E-state index contributed by atoms with van der Waals surface area (Å²) >= 11 is 0. The van der Waals surface area contributed by atoms with Gasteiger partial charge in [0, 0.05) is 12.8 Å². The first-order chi connectivity index (χ1) is 7.63. The number of phenols is 2. The monoisotopic (exact) mass is 222 g/mol. The van der Waals surface area contributed by atoms with Gasteiger partial charge in [-0.3, -0.25) is 4.79 Å². The van der Waals surface area contributed by atoms with E-state index in [1.807, 2.05) is 0 Å². The highest BCUT2D eigenvalue weighted by molar-refractivity contribution is 5.78. The van der Waals surface area contributed by atoms with E-state index in [0.717, 1.165) is 18.4 Å². The molecular formula is C13H18O3. The lowest BCUT2D eigenvalue weighted by molar-refractivity contribution is -0.119.